The third-order valence-electron chi connectivity index (χ3n) is 1.54. The van der Waals surface area contributed by atoms with Gasteiger partial charge in [-0.2, -0.15) is 0 Å². The summed E-state index contributed by atoms with van der Waals surface area (Å²) in [6, 6.07) is 2.74. The van der Waals surface area contributed by atoms with Gasteiger partial charge in [-0.25, -0.2) is 0 Å². The molecule has 3 heteroatoms. The highest BCUT2D eigenvalue weighted by atomic mass is 16.3. The Balaban J connectivity index is 2.94. The highest BCUT2D eigenvalue weighted by Gasteiger charge is 1.99. The van der Waals surface area contributed by atoms with Gasteiger partial charge in [0, 0.05) is 18.8 Å². The molecule has 1 rings (SSSR count). The van der Waals surface area contributed by atoms with E-state index >= 15 is 0 Å². The van der Waals surface area contributed by atoms with Crippen LogP contribution in [0.1, 0.15) is 13.8 Å². The second kappa shape index (κ2) is 3.43. The van der Waals surface area contributed by atoms with E-state index in [0.29, 0.717) is 12.5 Å². The van der Waals surface area contributed by atoms with Gasteiger partial charge in [0.05, 0.1) is 0 Å². The summed E-state index contributed by atoms with van der Waals surface area (Å²) in [6.45, 7) is 4.78. The van der Waals surface area contributed by atoms with Crippen LogP contribution in [0.25, 0.3) is 0 Å². The van der Waals surface area contributed by atoms with Crippen molar-refractivity contribution in [2.75, 3.05) is 0 Å². The van der Waals surface area contributed by atoms with Crippen molar-refractivity contribution >= 4 is 0 Å². The lowest BCUT2D eigenvalue weighted by molar-refractivity contribution is 0.463. The van der Waals surface area contributed by atoms with Crippen LogP contribution in [-0.4, -0.2) is 9.67 Å². The number of hydrogen-bond acceptors (Lipinski definition) is 2. The zero-order valence-corrected chi connectivity index (χ0v) is 7.32. The SMILES string of the molecule is CC(C)Cn1ccc(O)cc1=O. The maximum Gasteiger partial charge on any atom is 0.254 e. The van der Waals surface area contributed by atoms with E-state index in [1.54, 1.807) is 10.8 Å². The third-order valence-corrected chi connectivity index (χ3v) is 1.54. The molecule has 0 atom stereocenters. The minimum atomic E-state index is -0.149. The second-order valence-corrected chi connectivity index (χ2v) is 3.27. The molecular formula is C9H13NO2. The van der Waals surface area contributed by atoms with Crippen molar-refractivity contribution in [2.45, 2.75) is 20.4 Å². The Morgan fingerprint density at radius 2 is 2.25 bits per heavy atom. The van der Waals surface area contributed by atoms with Crippen LogP contribution in [0.3, 0.4) is 0 Å². The monoisotopic (exact) mass is 167 g/mol. The van der Waals surface area contributed by atoms with Gasteiger partial charge in [0.1, 0.15) is 5.75 Å². The molecule has 0 bridgehead atoms. The van der Waals surface area contributed by atoms with Crippen LogP contribution in [0, 0.1) is 5.92 Å². The number of aromatic hydroxyl groups is 1. The van der Waals surface area contributed by atoms with Gasteiger partial charge in [0.25, 0.3) is 5.56 Å². The largest absolute Gasteiger partial charge is 0.508 e. The Kier molecular flexibility index (Phi) is 2.53. The molecule has 0 aromatic carbocycles. The summed E-state index contributed by atoms with van der Waals surface area (Å²) in [5.74, 6) is 0.465. The highest BCUT2D eigenvalue weighted by molar-refractivity contribution is 5.15. The minimum absolute atomic E-state index is 0.0278. The number of rotatable bonds is 2. The lowest BCUT2D eigenvalue weighted by atomic mass is 10.2. The van der Waals surface area contributed by atoms with Crippen molar-refractivity contribution in [1.29, 1.82) is 0 Å². The van der Waals surface area contributed by atoms with Crippen molar-refractivity contribution in [2.24, 2.45) is 5.92 Å². The van der Waals surface area contributed by atoms with Gasteiger partial charge < -0.3 is 9.67 Å². The molecule has 66 valence electrons. The third kappa shape index (κ3) is 2.12. The van der Waals surface area contributed by atoms with Crippen LogP contribution < -0.4 is 5.56 Å². The molecule has 0 fully saturated rings. The smallest absolute Gasteiger partial charge is 0.254 e. The van der Waals surface area contributed by atoms with Gasteiger partial charge in [-0.15, -0.1) is 0 Å². The predicted octanol–water partition coefficient (Wildman–Crippen LogP) is 1.21. The highest BCUT2D eigenvalue weighted by Crippen LogP contribution is 2.02. The molecule has 0 aliphatic carbocycles. The average Bonchev–Trinajstić information content (AvgIpc) is 1.94. The fraction of sp³-hybridized carbons (Fsp3) is 0.444. The summed E-state index contributed by atoms with van der Waals surface area (Å²) in [4.78, 5) is 11.2. The molecule has 0 aliphatic heterocycles. The van der Waals surface area contributed by atoms with Gasteiger partial charge in [0.2, 0.25) is 0 Å². The van der Waals surface area contributed by atoms with E-state index in [2.05, 4.69) is 0 Å². The lowest BCUT2D eigenvalue weighted by Gasteiger charge is -2.07. The summed E-state index contributed by atoms with van der Waals surface area (Å²) in [6.07, 6.45) is 1.61. The molecule has 1 aromatic heterocycles. The molecule has 1 N–H and O–H groups in total. The van der Waals surface area contributed by atoms with E-state index in [1.165, 1.54) is 12.1 Å². The second-order valence-electron chi connectivity index (χ2n) is 3.27. The zero-order valence-electron chi connectivity index (χ0n) is 7.32. The van der Waals surface area contributed by atoms with Crippen molar-refractivity contribution < 1.29 is 5.11 Å². The van der Waals surface area contributed by atoms with E-state index in [0.717, 1.165) is 0 Å². The first-order chi connectivity index (χ1) is 5.59. The summed E-state index contributed by atoms with van der Waals surface area (Å²) >= 11 is 0. The summed E-state index contributed by atoms with van der Waals surface area (Å²) in [5.41, 5.74) is -0.149. The van der Waals surface area contributed by atoms with Gasteiger partial charge >= 0.3 is 0 Å². The molecule has 0 aliphatic rings. The number of aromatic nitrogens is 1. The van der Waals surface area contributed by atoms with E-state index in [1.807, 2.05) is 13.8 Å². The molecule has 12 heavy (non-hydrogen) atoms. The van der Waals surface area contributed by atoms with E-state index in [9.17, 15) is 4.79 Å². The Labute approximate surface area is 71.3 Å². The standard InChI is InChI=1S/C9H13NO2/c1-7(2)6-10-4-3-8(11)5-9(10)12/h3-5,7,11H,6H2,1-2H3. The molecule has 3 nitrogen and oxygen atoms in total. The predicted molar refractivity (Wildman–Crippen MR) is 47.2 cm³/mol. The Hall–Kier alpha value is -1.25. The van der Waals surface area contributed by atoms with Gasteiger partial charge in [-0.1, -0.05) is 13.8 Å². The molecular weight excluding hydrogens is 154 g/mol. The van der Waals surface area contributed by atoms with Crippen LogP contribution in [0.15, 0.2) is 23.1 Å². The summed E-state index contributed by atoms with van der Waals surface area (Å²) in [5, 5.41) is 8.96. The normalized spacial score (nSPS) is 10.6. The molecule has 0 saturated carbocycles. The fourth-order valence-corrected chi connectivity index (χ4v) is 1.04. The van der Waals surface area contributed by atoms with Crippen molar-refractivity contribution in [3.63, 3.8) is 0 Å². The summed E-state index contributed by atoms with van der Waals surface area (Å²) < 4.78 is 1.59. The van der Waals surface area contributed by atoms with Crippen LogP contribution >= 0.6 is 0 Å². The molecule has 0 radical (unpaired) electrons. The average molecular weight is 167 g/mol. The van der Waals surface area contributed by atoms with Crippen LogP contribution in [-0.2, 0) is 6.54 Å². The van der Waals surface area contributed by atoms with Crippen LogP contribution in [0.4, 0.5) is 0 Å². The zero-order chi connectivity index (χ0) is 9.14. The molecule has 0 amide bonds. The topological polar surface area (TPSA) is 42.2 Å². The van der Waals surface area contributed by atoms with Crippen molar-refractivity contribution in [1.82, 2.24) is 4.57 Å². The molecule has 1 aromatic rings. The van der Waals surface area contributed by atoms with Crippen LogP contribution in [0.2, 0.25) is 0 Å². The van der Waals surface area contributed by atoms with Crippen LogP contribution in [0.5, 0.6) is 5.75 Å². The Bertz CT molecular complexity index is 315. The first-order valence-electron chi connectivity index (χ1n) is 3.99. The quantitative estimate of drug-likeness (QED) is 0.719. The molecule has 0 unspecified atom stereocenters. The molecule has 0 spiro atoms. The molecule has 0 saturated heterocycles. The number of hydrogen-bond donors (Lipinski definition) is 1. The molecule has 1 heterocycles. The first-order valence-corrected chi connectivity index (χ1v) is 3.99. The first kappa shape index (κ1) is 8.84. The van der Waals surface area contributed by atoms with E-state index < -0.39 is 0 Å². The Morgan fingerprint density at radius 3 is 2.75 bits per heavy atom. The number of nitrogens with zero attached hydrogens (tertiary/aromatic N) is 1. The van der Waals surface area contributed by atoms with E-state index in [-0.39, 0.29) is 11.3 Å². The van der Waals surface area contributed by atoms with Crippen molar-refractivity contribution in [3.8, 4) is 5.75 Å². The minimum Gasteiger partial charge on any atom is -0.508 e. The maximum atomic E-state index is 11.2. The Morgan fingerprint density at radius 1 is 1.58 bits per heavy atom. The number of pyridine rings is 1. The maximum absolute atomic E-state index is 11.2. The van der Waals surface area contributed by atoms with E-state index in [4.69, 9.17) is 5.11 Å². The van der Waals surface area contributed by atoms with Crippen molar-refractivity contribution in [3.05, 3.63) is 28.7 Å². The van der Waals surface area contributed by atoms with Gasteiger partial charge in [-0.3, -0.25) is 4.79 Å². The lowest BCUT2D eigenvalue weighted by Crippen LogP contribution is -2.20. The van der Waals surface area contributed by atoms with Gasteiger partial charge in [-0.05, 0) is 12.0 Å². The summed E-state index contributed by atoms with van der Waals surface area (Å²) in [7, 11) is 0. The fourth-order valence-electron chi connectivity index (χ4n) is 1.04. The van der Waals surface area contributed by atoms with Gasteiger partial charge in [0.15, 0.2) is 0 Å².